The Kier molecular flexibility index (Phi) is 8.15. The van der Waals surface area contributed by atoms with Crippen molar-refractivity contribution < 1.29 is 4.42 Å². The summed E-state index contributed by atoms with van der Waals surface area (Å²) in [4.78, 5) is 15.9. The number of rotatable bonds is 6. The van der Waals surface area contributed by atoms with Crippen molar-refractivity contribution in [1.82, 2.24) is 19.5 Å². The summed E-state index contributed by atoms with van der Waals surface area (Å²) in [6.07, 6.45) is 0. The third kappa shape index (κ3) is 5.75. The minimum atomic E-state index is 0.657. The second-order valence-electron chi connectivity index (χ2n) is 16.3. The highest BCUT2D eigenvalue weighted by Crippen LogP contribution is 2.46. The zero-order valence-electron chi connectivity index (χ0n) is 34.5. The van der Waals surface area contributed by atoms with Crippen LogP contribution in [0.3, 0.4) is 0 Å². The fourth-order valence-corrected chi connectivity index (χ4v) is 9.70. The van der Waals surface area contributed by atoms with Gasteiger partial charge in [0.05, 0.1) is 33.6 Å². The van der Waals surface area contributed by atoms with Crippen LogP contribution in [0, 0.1) is 0 Å². The van der Waals surface area contributed by atoms with Crippen molar-refractivity contribution >= 4 is 65.4 Å². The lowest BCUT2D eigenvalue weighted by atomic mass is 9.89. The summed E-state index contributed by atoms with van der Waals surface area (Å²) < 4.78 is 8.98. The van der Waals surface area contributed by atoms with Crippen molar-refractivity contribution in [2.75, 3.05) is 0 Å². The highest BCUT2D eigenvalue weighted by Gasteiger charge is 2.22. The van der Waals surface area contributed by atoms with Crippen LogP contribution in [0.15, 0.2) is 223 Å². The number of benzene rings is 9. The lowest BCUT2D eigenvalue weighted by Crippen LogP contribution is -1.98. The number of hydrogen-bond donors (Lipinski definition) is 0. The largest absolute Gasteiger partial charge is 0.456 e. The van der Waals surface area contributed by atoms with Crippen LogP contribution >= 0.6 is 0 Å². The van der Waals surface area contributed by atoms with Crippen LogP contribution in [0.25, 0.3) is 127 Å². The monoisotopic (exact) mass is 816 g/mol. The Balaban J connectivity index is 0.993. The summed E-state index contributed by atoms with van der Waals surface area (Å²) in [5.41, 5.74) is 14.8. The van der Waals surface area contributed by atoms with Crippen LogP contribution in [-0.2, 0) is 0 Å². The molecule has 9 aromatic carbocycles. The predicted molar refractivity (Wildman–Crippen MR) is 264 cm³/mol. The second-order valence-corrected chi connectivity index (χ2v) is 16.3. The lowest BCUT2D eigenvalue weighted by molar-refractivity contribution is 0.669. The van der Waals surface area contributed by atoms with Gasteiger partial charge in [-0.2, -0.15) is 0 Å². The van der Waals surface area contributed by atoms with E-state index >= 15 is 0 Å². The van der Waals surface area contributed by atoms with Crippen molar-refractivity contribution in [2.24, 2.45) is 0 Å². The molecule has 0 N–H and O–H groups in total. The summed E-state index contributed by atoms with van der Waals surface area (Å²) in [6.45, 7) is 0. The Hall–Kier alpha value is -8.67. The number of furan rings is 1. The molecule has 0 amide bonds. The van der Waals surface area contributed by atoms with Gasteiger partial charge in [-0.25, -0.2) is 15.0 Å². The normalized spacial score (nSPS) is 11.8. The first-order valence-corrected chi connectivity index (χ1v) is 21.6. The third-order valence-corrected chi connectivity index (χ3v) is 12.6. The fraction of sp³-hybridized carbons (Fsp3) is 0. The van der Waals surface area contributed by atoms with E-state index < -0.39 is 0 Å². The van der Waals surface area contributed by atoms with Gasteiger partial charge in [-0.15, -0.1) is 0 Å². The maximum atomic E-state index is 6.65. The molecule has 0 aliphatic rings. The number of aromatic nitrogens is 4. The summed E-state index contributed by atoms with van der Waals surface area (Å²) in [5.74, 6) is 0.657. The number of hydrogen-bond acceptors (Lipinski definition) is 4. The number of pyridine rings is 1. The van der Waals surface area contributed by atoms with Crippen LogP contribution in [0.5, 0.6) is 0 Å². The zero-order valence-corrected chi connectivity index (χ0v) is 34.5. The lowest BCUT2D eigenvalue weighted by Gasteiger charge is -2.16. The molecule has 0 fully saturated rings. The molecule has 0 aliphatic heterocycles. The van der Waals surface area contributed by atoms with Crippen LogP contribution in [0.1, 0.15) is 0 Å². The molecule has 13 rings (SSSR count). The topological polar surface area (TPSA) is 56.7 Å². The van der Waals surface area contributed by atoms with Crippen molar-refractivity contribution in [3.8, 4) is 62.0 Å². The van der Waals surface area contributed by atoms with Crippen molar-refractivity contribution in [3.05, 3.63) is 218 Å². The quantitative estimate of drug-likeness (QED) is 0.157. The molecule has 5 nitrogen and oxygen atoms in total. The standard InChI is InChI=1S/C59H36N4O/c1-3-16-37(17-4-1)49-36-50(62-59(61-49)39-30-32-42(33-31-39)63-51-27-12-8-22-43(51)44-23-9-13-28-52(44)63)40-20-15-21-41(34-40)58-47-35-54-57(46-25-10-14-29-53(46)64-54)55(38-18-5-2-6-19-38)56(47)45-24-7-11-26-48(45)60-58/h1-36H. The van der Waals surface area contributed by atoms with Gasteiger partial charge >= 0.3 is 0 Å². The van der Waals surface area contributed by atoms with E-state index in [0.717, 1.165) is 99.8 Å². The molecule has 0 aliphatic carbocycles. The molecule has 0 unspecified atom stereocenters. The Morgan fingerprint density at radius 1 is 0.344 bits per heavy atom. The van der Waals surface area contributed by atoms with Gasteiger partial charge in [0.2, 0.25) is 0 Å². The average molecular weight is 817 g/mol. The smallest absolute Gasteiger partial charge is 0.160 e. The summed E-state index contributed by atoms with van der Waals surface area (Å²) >= 11 is 0. The van der Waals surface area contributed by atoms with Crippen LogP contribution in [-0.4, -0.2) is 19.5 Å². The Labute approximate surface area is 368 Å². The van der Waals surface area contributed by atoms with Gasteiger partial charge in [0.25, 0.3) is 0 Å². The van der Waals surface area contributed by atoms with E-state index in [0.29, 0.717) is 5.82 Å². The third-order valence-electron chi connectivity index (χ3n) is 12.6. The number of fused-ring (bicyclic) bond motifs is 9. The molecule has 0 spiro atoms. The van der Waals surface area contributed by atoms with Gasteiger partial charge in [-0.1, -0.05) is 152 Å². The molecule has 4 aromatic heterocycles. The van der Waals surface area contributed by atoms with E-state index in [2.05, 4.69) is 211 Å². The predicted octanol–water partition coefficient (Wildman–Crippen LogP) is 15.5. The van der Waals surface area contributed by atoms with E-state index in [4.69, 9.17) is 19.4 Å². The molecular formula is C59H36N4O. The van der Waals surface area contributed by atoms with Gasteiger partial charge < -0.3 is 8.98 Å². The SMILES string of the molecule is c1ccc(-c2cc(-c3cccc(-c4nc5ccccc5c5c(-c6ccccc6)c6c(cc45)oc4ccccc46)c3)nc(-c3ccc(-n4c5ccccc5c5ccccc54)cc3)n2)cc1. The maximum Gasteiger partial charge on any atom is 0.160 e. The molecule has 0 radical (unpaired) electrons. The van der Waals surface area contributed by atoms with Gasteiger partial charge in [-0.3, -0.25) is 0 Å². The maximum absolute atomic E-state index is 6.65. The summed E-state index contributed by atoms with van der Waals surface area (Å²) in [6, 6.07) is 76.5. The molecule has 5 heteroatoms. The van der Waals surface area contributed by atoms with Gasteiger partial charge in [-0.05, 0) is 72.3 Å². The molecule has 0 bridgehead atoms. The van der Waals surface area contributed by atoms with E-state index in [1.807, 2.05) is 12.1 Å². The first-order valence-electron chi connectivity index (χ1n) is 21.6. The highest BCUT2D eigenvalue weighted by atomic mass is 16.3. The van der Waals surface area contributed by atoms with E-state index in [1.54, 1.807) is 0 Å². The molecule has 298 valence electrons. The minimum Gasteiger partial charge on any atom is -0.456 e. The highest BCUT2D eigenvalue weighted by molar-refractivity contribution is 6.27. The molecule has 0 atom stereocenters. The first kappa shape index (κ1) is 36.0. The summed E-state index contributed by atoms with van der Waals surface area (Å²) in [5, 5.41) is 7.95. The molecule has 0 saturated heterocycles. The minimum absolute atomic E-state index is 0.657. The van der Waals surface area contributed by atoms with Crippen molar-refractivity contribution in [3.63, 3.8) is 0 Å². The number of nitrogens with zero attached hydrogens (tertiary/aromatic N) is 4. The summed E-state index contributed by atoms with van der Waals surface area (Å²) in [7, 11) is 0. The van der Waals surface area contributed by atoms with Crippen LogP contribution in [0.4, 0.5) is 0 Å². The average Bonchev–Trinajstić information content (AvgIpc) is 3.91. The van der Waals surface area contributed by atoms with Gasteiger partial charge in [0, 0.05) is 71.2 Å². The number of para-hydroxylation sites is 4. The Morgan fingerprint density at radius 2 is 0.922 bits per heavy atom. The zero-order chi connectivity index (χ0) is 42.1. The van der Waals surface area contributed by atoms with Gasteiger partial charge in [0.15, 0.2) is 5.82 Å². The second kappa shape index (κ2) is 14.5. The molecule has 64 heavy (non-hydrogen) atoms. The fourth-order valence-electron chi connectivity index (χ4n) is 9.70. The Morgan fingerprint density at radius 3 is 1.66 bits per heavy atom. The van der Waals surface area contributed by atoms with Crippen molar-refractivity contribution in [2.45, 2.75) is 0 Å². The van der Waals surface area contributed by atoms with Crippen LogP contribution < -0.4 is 0 Å². The van der Waals surface area contributed by atoms with Gasteiger partial charge in [0.1, 0.15) is 11.2 Å². The molecule has 13 aromatic rings. The molecular weight excluding hydrogens is 781 g/mol. The van der Waals surface area contributed by atoms with Crippen molar-refractivity contribution in [1.29, 1.82) is 0 Å². The van der Waals surface area contributed by atoms with E-state index in [9.17, 15) is 0 Å². The van der Waals surface area contributed by atoms with E-state index in [1.165, 1.54) is 21.8 Å². The molecule has 4 heterocycles. The first-order chi connectivity index (χ1) is 31.7. The van der Waals surface area contributed by atoms with Crippen LogP contribution in [0.2, 0.25) is 0 Å². The Bertz CT molecular complexity index is 3890. The molecule has 0 saturated carbocycles. The van der Waals surface area contributed by atoms with E-state index in [-0.39, 0.29) is 0 Å².